The normalized spacial score (nSPS) is 15.5. The first kappa shape index (κ1) is 22.3. The Morgan fingerprint density at radius 3 is 2.53 bits per heavy atom. The van der Waals surface area contributed by atoms with Crippen molar-refractivity contribution in [2.75, 3.05) is 33.3 Å². The van der Waals surface area contributed by atoms with E-state index in [0.717, 1.165) is 16.9 Å². The van der Waals surface area contributed by atoms with Crippen LogP contribution in [-0.4, -0.2) is 61.4 Å². The molecule has 3 aromatic rings. The molecular weight excluding hydrogens is 450 g/mol. The number of para-hydroxylation sites is 1. The Hall–Kier alpha value is -2.95. The van der Waals surface area contributed by atoms with Crippen molar-refractivity contribution < 1.29 is 17.9 Å². The molecule has 168 valence electrons. The van der Waals surface area contributed by atoms with E-state index < -0.39 is 10.0 Å². The number of nitrogens with zero attached hydrogens (tertiary/aromatic N) is 3. The molecule has 0 aliphatic carbocycles. The van der Waals surface area contributed by atoms with E-state index in [1.807, 2.05) is 24.3 Å². The number of hydrogen-bond acceptors (Lipinski definition) is 6. The van der Waals surface area contributed by atoms with Gasteiger partial charge in [-0.25, -0.2) is 8.42 Å². The molecule has 0 saturated carbocycles. The zero-order chi connectivity index (χ0) is 22.9. The summed E-state index contributed by atoms with van der Waals surface area (Å²) in [5, 5.41) is 0. The molecule has 0 radical (unpaired) electrons. The zero-order valence-corrected chi connectivity index (χ0v) is 19.4. The van der Waals surface area contributed by atoms with Gasteiger partial charge in [0.15, 0.2) is 0 Å². The second-order valence-corrected chi connectivity index (χ2v) is 10.3. The molecule has 1 aliphatic rings. The fourth-order valence-corrected chi connectivity index (χ4v) is 6.09. The summed E-state index contributed by atoms with van der Waals surface area (Å²) in [6.45, 7) is 1.02. The SMILES string of the molecule is COc1ccccc1C=CC(=O)N1CCN(S(=O)(=O)c2ccc3c(c2)sc(=O)n3C)CC1. The number of hydrogen-bond donors (Lipinski definition) is 0. The van der Waals surface area contributed by atoms with Crippen molar-refractivity contribution in [3.05, 3.63) is 63.8 Å². The van der Waals surface area contributed by atoms with Crippen LogP contribution in [0.15, 0.2) is 58.2 Å². The van der Waals surface area contributed by atoms with Gasteiger partial charge in [-0.3, -0.25) is 9.59 Å². The summed E-state index contributed by atoms with van der Waals surface area (Å²) in [5.74, 6) is 0.497. The first-order valence-electron chi connectivity index (χ1n) is 10.0. The Bertz CT molecular complexity index is 1350. The number of fused-ring (bicyclic) bond motifs is 1. The summed E-state index contributed by atoms with van der Waals surface area (Å²) in [4.78, 5) is 26.1. The summed E-state index contributed by atoms with van der Waals surface area (Å²) in [6, 6.07) is 12.1. The van der Waals surface area contributed by atoms with Crippen molar-refractivity contribution in [2.45, 2.75) is 4.90 Å². The number of piperazine rings is 1. The Kier molecular flexibility index (Phi) is 6.18. The van der Waals surface area contributed by atoms with Gasteiger partial charge in [0.05, 0.1) is 22.2 Å². The van der Waals surface area contributed by atoms with Crippen molar-refractivity contribution in [3.63, 3.8) is 0 Å². The molecular formula is C22H23N3O5S2. The van der Waals surface area contributed by atoms with Crippen molar-refractivity contribution in [1.82, 2.24) is 13.8 Å². The number of benzene rings is 2. The summed E-state index contributed by atoms with van der Waals surface area (Å²) in [6.07, 6.45) is 3.18. The molecule has 1 amide bonds. The number of aromatic nitrogens is 1. The van der Waals surface area contributed by atoms with Gasteiger partial charge in [0.2, 0.25) is 15.9 Å². The Morgan fingerprint density at radius 1 is 1.09 bits per heavy atom. The minimum Gasteiger partial charge on any atom is -0.496 e. The first-order chi connectivity index (χ1) is 15.3. The van der Waals surface area contributed by atoms with Gasteiger partial charge in [-0.15, -0.1) is 0 Å². The number of amides is 1. The molecule has 10 heteroatoms. The van der Waals surface area contributed by atoms with E-state index >= 15 is 0 Å². The lowest BCUT2D eigenvalue weighted by molar-refractivity contribution is -0.127. The molecule has 1 aromatic heterocycles. The third-order valence-corrected chi connectivity index (χ3v) is 8.39. The van der Waals surface area contributed by atoms with E-state index in [1.54, 1.807) is 37.3 Å². The van der Waals surface area contributed by atoms with Gasteiger partial charge in [0.1, 0.15) is 5.75 Å². The van der Waals surface area contributed by atoms with E-state index in [-0.39, 0.29) is 28.8 Å². The number of rotatable bonds is 5. The van der Waals surface area contributed by atoms with E-state index in [1.165, 1.54) is 21.0 Å². The zero-order valence-electron chi connectivity index (χ0n) is 17.7. The lowest BCUT2D eigenvalue weighted by Gasteiger charge is -2.33. The van der Waals surface area contributed by atoms with Gasteiger partial charge >= 0.3 is 4.87 Å². The average Bonchev–Trinajstić information content (AvgIpc) is 3.10. The fraction of sp³-hybridized carbons (Fsp3) is 0.273. The minimum atomic E-state index is -3.71. The van der Waals surface area contributed by atoms with Crippen LogP contribution in [0, 0.1) is 0 Å². The molecule has 32 heavy (non-hydrogen) atoms. The fourth-order valence-electron chi connectivity index (χ4n) is 3.64. The molecule has 8 nitrogen and oxygen atoms in total. The second-order valence-electron chi connectivity index (χ2n) is 7.36. The van der Waals surface area contributed by atoms with Crippen molar-refractivity contribution >= 4 is 43.6 Å². The molecule has 2 heterocycles. The lowest BCUT2D eigenvalue weighted by Crippen LogP contribution is -2.50. The van der Waals surface area contributed by atoms with E-state index in [9.17, 15) is 18.0 Å². The number of carbonyl (C=O) groups excluding carboxylic acids is 1. The van der Waals surface area contributed by atoms with Crippen LogP contribution in [0.25, 0.3) is 16.3 Å². The molecule has 1 fully saturated rings. The lowest BCUT2D eigenvalue weighted by atomic mass is 10.2. The summed E-state index contributed by atoms with van der Waals surface area (Å²) in [5.41, 5.74) is 1.50. The molecule has 0 atom stereocenters. The van der Waals surface area contributed by atoms with Crippen LogP contribution in [0.4, 0.5) is 0 Å². The number of ether oxygens (including phenoxy) is 1. The molecule has 2 aromatic carbocycles. The van der Waals surface area contributed by atoms with Gasteiger partial charge in [0, 0.05) is 44.9 Å². The van der Waals surface area contributed by atoms with Crippen LogP contribution in [0.1, 0.15) is 5.56 Å². The van der Waals surface area contributed by atoms with Crippen LogP contribution in [0.2, 0.25) is 0 Å². The molecule has 1 aliphatic heterocycles. The largest absolute Gasteiger partial charge is 0.496 e. The van der Waals surface area contributed by atoms with Crippen LogP contribution < -0.4 is 9.61 Å². The van der Waals surface area contributed by atoms with E-state index in [4.69, 9.17) is 4.74 Å². The smallest absolute Gasteiger partial charge is 0.307 e. The highest BCUT2D eigenvalue weighted by atomic mass is 32.2. The third-order valence-electron chi connectivity index (χ3n) is 5.50. The Labute approximate surface area is 190 Å². The molecule has 0 unspecified atom stereocenters. The van der Waals surface area contributed by atoms with Crippen molar-refractivity contribution in [2.24, 2.45) is 7.05 Å². The summed E-state index contributed by atoms with van der Waals surface area (Å²) in [7, 11) is -0.480. The number of aryl methyl sites for hydroxylation is 1. The molecule has 0 bridgehead atoms. The number of methoxy groups -OCH3 is 1. The molecule has 1 saturated heterocycles. The first-order valence-corrected chi connectivity index (χ1v) is 12.3. The maximum absolute atomic E-state index is 13.1. The van der Waals surface area contributed by atoms with Crippen LogP contribution in [0.3, 0.4) is 0 Å². The second kappa shape index (κ2) is 8.89. The van der Waals surface area contributed by atoms with Crippen LogP contribution in [-0.2, 0) is 21.9 Å². The van der Waals surface area contributed by atoms with E-state index in [2.05, 4.69) is 0 Å². The van der Waals surface area contributed by atoms with Gasteiger partial charge in [0.25, 0.3) is 0 Å². The van der Waals surface area contributed by atoms with Crippen molar-refractivity contribution in [3.8, 4) is 5.75 Å². The number of carbonyl (C=O) groups is 1. The predicted molar refractivity (Wildman–Crippen MR) is 124 cm³/mol. The monoisotopic (exact) mass is 473 g/mol. The van der Waals surface area contributed by atoms with Gasteiger partial charge in [-0.2, -0.15) is 4.31 Å². The van der Waals surface area contributed by atoms with Crippen molar-refractivity contribution in [1.29, 1.82) is 0 Å². The maximum Gasteiger partial charge on any atom is 0.307 e. The van der Waals surface area contributed by atoms with Gasteiger partial charge in [-0.1, -0.05) is 29.5 Å². The highest BCUT2D eigenvalue weighted by Gasteiger charge is 2.30. The minimum absolute atomic E-state index is 0.136. The van der Waals surface area contributed by atoms with Crippen LogP contribution >= 0.6 is 11.3 Å². The van der Waals surface area contributed by atoms with Gasteiger partial charge in [-0.05, 0) is 30.3 Å². The van der Waals surface area contributed by atoms with E-state index in [0.29, 0.717) is 29.1 Å². The summed E-state index contributed by atoms with van der Waals surface area (Å²) >= 11 is 1.02. The standard InChI is InChI=1S/C22H23N3O5S2/c1-23-18-9-8-17(15-20(18)31-22(23)27)32(28,29)25-13-11-24(12-14-25)21(26)10-7-16-5-3-4-6-19(16)30-2/h3-10,15H,11-14H2,1-2H3. The molecule has 0 N–H and O–H groups in total. The van der Waals surface area contributed by atoms with Crippen LogP contribution in [0.5, 0.6) is 5.75 Å². The highest BCUT2D eigenvalue weighted by Crippen LogP contribution is 2.24. The molecule has 0 spiro atoms. The number of sulfonamides is 1. The predicted octanol–water partition coefficient (Wildman–Crippen LogP) is 2.15. The quantitative estimate of drug-likeness (QED) is 0.530. The maximum atomic E-state index is 13.1. The number of thiazole rings is 1. The van der Waals surface area contributed by atoms with Gasteiger partial charge < -0.3 is 14.2 Å². The average molecular weight is 474 g/mol. The molecule has 4 rings (SSSR count). The topological polar surface area (TPSA) is 88.9 Å². The Morgan fingerprint density at radius 2 is 1.81 bits per heavy atom. The summed E-state index contributed by atoms with van der Waals surface area (Å²) < 4.78 is 35.0. The Balaban J connectivity index is 1.44. The third kappa shape index (κ3) is 4.21. The highest BCUT2D eigenvalue weighted by molar-refractivity contribution is 7.89.